The molecule has 1 atom stereocenters. The van der Waals surface area contributed by atoms with Crippen LogP contribution in [0.4, 0.5) is 19.1 Å². The number of aromatic nitrogens is 4. The van der Waals surface area contributed by atoms with Crippen molar-refractivity contribution < 1.29 is 27.4 Å². The Bertz CT molecular complexity index is 1310. The fraction of sp³-hybridized carbons (Fsp3) is 0.423. The van der Waals surface area contributed by atoms with Gasteiger partial charge in [0.05, 0.1) is 24.8 Å². The van der Waals surface area contributed by atoms with Crippen LogP contribution in [-0.2, 0) is 9.53 Å². The summed E-state index contributed by atoms with van der Waals surface area (Å²) < 4.78 is 46.8. The molecule has 1 aromatic carbocycles. The Labute approximate surface area is 223 Å². The number of anilines is 1. The lowest BCUT2D eigenvalue weighted by molar-refractivity contribution is -0.274. The van der Waals surface area contributed by atoms with Crippen LogP contribution in [0.5, 0.6) is 5.75 Å². The average Bonchev–Trinajstić information content (AvgIpc) is 3.66. The molecule has 0 unspecified atom stereocenters. The molecule has 1 aliphatic heterocycles. The number of rotatable bonds is 7. The number of carbonyl (C=O) groups excluding carboxylic acids is 1. The molecule has 0 bridgehead atoms. The molecule has 3 aromatic rings. The molecular weight excluding hydrogens is 515 g/mol. The molecule has 5 rings (SSSR count). The third kappa shape index (κ3) is 7.67. The Kier molecular flexibility index (Phi) is 8.65. The number of benzene rings is 1. The van der Waals surface area contributed by atoms with Gasteiger partial charge in [-0.25, -0.2) is 4.98 Å². The number of carbonyl (C=O) groups is 1. The molecule has 2 aromatic heterocycles. The van der Waals surface area contributed by atoms with Gasteiger partial charge < -0.3 is 19.7 Å². The van der Waals surface area contributed by atoms with Crippen molar-refractivity contribution in [1.29, 1.82) is 5.26 Å². The summed E-state index contributed by atoms with van der Waals surface area (Å²) in [6.07, 6.45) is -0.365. The van der Waals surface area contributed by atoms with Gasteiger partial charge >= 0.3 is 6.36 Å². The highest BCUT2D eigenvalue weighted by molar-refractivity contribution is 5.47. The molecular formula is C26H28F3N7O3. The largest absolute Gasteiger partial charge is 0.573 e. The Balaban J connectivity index is 0.000000202. The van der Waals surface area contributed by atoms with E-state index in [1.807, 2.05) is 24.0 Å². The maximum atomic E-state index is 12.0. The minimum Gasteiger partial charge on any atom is -0.406 e. The number of halogens is 3. The van der Waals surface area contributed by atoms with Crippen molar-refractivity contribution in [3.05, 3.63) is 59.0 Å². The molecule has 1 N–H and O–H groups in total. The van der Waals surface area contributed by atoms with Crippen molar-refractivity contribution >= 4 is 12.4 Å². The molecule has 10 nitrogen and oxygen atoms in total. The second kappa shape index (κ2) is 12.1. The molecule has 1 saturated carbocycles. The van der Waals surface area contributed by atoms with Gasteiger partial charge in [-0.2, -0.15) is 14.9 Å². The molecule has 39 heavy (non-hydrogen) atoms. The summed E-state index contributed by atoms with van der Waals surface area (Å²) in [5.74, 6) is 2.00. The van der Waals surface area contributed by atoms with Gasteiger partial charge in [0.1, 0.15) is 11.8 Å². The second-order valence-corrected chi connectivity index (χ2v) is 9.21. The van der Waals surface area contributed by atoms with Crippen LogP contribution >= 0.6 is 0 Å². The zero-order valence-electron chi connectivity index (χ0n) is 21.5. The van der Waals surface area contributed by atoms with Crippen LogP contribution in [0, 0.1) is 18.3 Å². The van der Waals surface area contributed by atoms with Crippen molar-refractivity contribution in [1.82, 2.24) is 25.1 Å². The van der Waals surface area contributed by atoms with Gasteiger partial charge in [0.25, 0.3) is 0 Å². The number of nitrogens with zero attached hydrogens (tertiary/aromatic N) is 6. The highest BCUT2D eigenvalue weighted by Crippen LogP contribution is 2.42. The maximum Gasteiger partial charge on any atom is 0.573 e. The highest BCUT2D eigenvalue weighted by Gasteiger charge is 2.32. The minimum absolute atomic E-state index is 0.107. The molecule has 0 spiro atoms. The van der Waals surface area contributed by atoms with E-state index in [0.717, 1.165) is 24.0 Å². The van der Waals surface area contributed by atoms with Gasteiger partial charge in [-0.15, -0.1) is 18.3 Å². The lowest BCUT2D eigenvalue weighted by Gasteiger charge is -2.25. The summed E-state index contributed by atoms with van der Waals surface area (Å²) in [6, 6.07) is 9.87. The summed E-state index contributed by atoms with van der Waals surface area (Å²) >= 11 is 0. The number of aryl methyl sites for hydroxylation is 1. The molecule has 1 aliphatic carbocycles. The Morgan fingerprint density at radius 1 is 1.23 bits per heavy atom. The number of hydrogen-bond donors (Lipinski definition) is 1. The zero-order chi connectivity index (χ0) is 28.0. The smallest absolute Gasteiger partial charge is 0.406 e. The van der Waals surface area contributed by atoms with E-state index in [1.54, 1.807) is 23.7 Å². The Hall–Kier alpha value is -4.18. The van der Waals surface area contributed by atoms with E-state index in [1.165, 1.54) is 18.3 Å². The van der Waals surface area contributed by atoms with Crippen LogP contribution in [0.2, 0.25) is 0 Å². The van der Waals surface area contributed by atoms with Gasteiger partial charge in [-0.3, -0.25) is 4.79 Å². The summed E-state index contributed by atoms with van der Waals surface area (Å²) in [5, 5.41) is 16.1. The quantitative estimate of drug-likeness (QED) is 0.445. The van der Waals surface area contributed by atoms with Crippen molar-refractivity contribution in [3.8, 4) is 17.6 Å². The molecule has 2 aliphatic rings. The number of ether oxygens (including phenoxy) is 2. The summed E-state index contributed by atoms with van der Waals surface area (Å²) in [4.78, 5) is 21.6. The molecule has 1 saturated heterocycles. The number of hydrogen-bond acceptors (Lipinski definition) is 8. The third-order valence-electron chi connectivity index (χ3n) is 6.07. The first-order valence-corrected chi connectivity index (χ1v) is 12.4. The molecule has 13 heteroatoms. The van der Waals surface area contributed by atoms with Gasteiger partial charge in [0, 0.05) is 19.3 Å². The predicted octanol–water partition coefficient (Wildman–Crippen LogP) is 3.95. The Morgan fingerprint density at radius 3 is 2.56 bits per heavy atom. The van der Waals surface area contributed by atoms with Crippen LogP contribution in [-0.4, -0.2) is 58.8 Å². The topological polar surface area (TPSA) is 118 Å². The average molecular weight is 544 g/mol. The first-order valence-electron chi connectivity index (χ1n) is 12.4. The van der Waals surface area contributed by atoms with E-state index < -0.39 is 6.36 Å². The molecule has 0 radical (unpaired) electrons. The van der Waals surface area contributed by atoms with E-state index in [-0.39, 0.29) is 11.8 Å². The zero-order valence-corrected chi connectivity index (χ0v) is 21.5. The number of amides is 1. The van der Waals surface area contributed by atoms with E-state index in [9.17, 15) is 18.0 Å². The van der Waals surface area contributed by atoms with Gasteiger partial charge in [0.2, 0.25) is 12.4 Å². The van der Waals surface area contributed by atoms with E-state index in [4.69, 9.17) is 10.00 Å². The standard InChI is InChI=1S/C15H17N7O2.C11H11F3O/c1-11(18-10-23)14-19-15(21-4-6-24-7-5-21)20-22(14)13-3-2-12(8-16)9-17-13;1-7-4-9(8-2-3-8)6-10(5-7)15-11(12,13)14/h2-3,9-11H,4-7H2,1H3,(H,18,23);4-6,8H,2-3H2,1H3/t11-;/m0./s1. The Morgan fingerprint density at radius 2 is 1.97 bits per heavy atom. The van der Waals surface area contributed by atoms with E-state index >= 15 is 0 Å². The van der Waals surface area contributed by atoms with Gasteiger partial charge in [-0.05, 0) is 68.0 Å². The van der Waals surface area contributed by atoms with E-state index in [0.29, 0.717) is 61.8 Å². The first-order chi connectivity index (χ1) is 18.7. The number of alkyl halides is 3. The second-order valence-electron chi connectivity index (χ2n) is 9.21. The van der Waals surface area contributed by atoms with Crippen molar-refractivity contribution in [2.75, 3.05) is 31.2 Å². The normalized spacial score (nSPS) is 15.9. The number of morpholine rings is 1. The summed E-state index contributed by atoms with van der Waals surface area (Å²) in [7, 11) is 0. The number of nitrogens with one attached hydrogen (secondary N) is 1. The SMILES string of the molecule is C[C@H](NC=O)c1nc(N2CCOCC2)nn1-c1ccc(C#N)cn1.Cc1cc(OC(F)(F)F)cc(C2CC2)c1. The highest BCUT2D eigenvalue weighted by atomic mass is 19.4. The third-order valence-corrected chi connectivity index (χ3v) is 6.07. The van der Waals surface area contributed by atoms with Crippen LogP contribution in [0.15, 0.2) is 36.5 Å². The van der Waals surface area contributed by atoms with Crippen molar-refractivity contribution in [2.45, 2.75) is 45.0 Å². The van der Waals surface area contributed by atoms with Crippen LogP contribution < -0.4 is 15.0 Å². The summed E-state index contributed by atoms with van der Waals surface area (Å²) in [6.45, 7) is 6.26. The van der Waals surface area contributed by atoms with Crippen molar-refractivity contribution in [2.24, 2.45) is 0 Å². The number of nitriles is 1. The molecule has 3 heterocycles. The van der Waals surface area contributed by atoms with E-state index in [2.05, 4.69) is 25.1 Å². The molecule has 1 amide bonds. The fourth-order valence-corrected chi connectivity index (χ4v) is 4.03. The fourth-order valence-electron chi connectivity index (χ4n) is 4.03. The van der Waals surface area contributed by atoms with Crippen molar-refractivity contribution in [3.63, 3.8) is 0 Å². The lowest BCUT2D eigenvalue weighted by atomic mass is 10.1. The molecule has 206 valence electrons. The lowest BCUT2D eigenvalue weighted by Crippen LogP contribution is -2.37. The van der Waals surface area contributed by atoms with Crippen LogP contribution in [0.25, 0.3) is 5.82 Å². The summed E-state index contributed by atoms with van der Waals surface area (Å²) in [5.41, 5.74) is 2.22. The monoisotopic (exact) mass is 543 g/mol. The van der Waals surface area contributed by atoms with Crippen LogP contribution in [0.3, 0.4) is 0 Å². The number of pyridine rings is 1. The van der Waals surface area contributed by atoms with Crippen LogP contribution in [0.1, 0.15) is 54.2 Å². The van der Waals surface area contributed by atoms with Gasteiger partial charge in [-0.1, -0.05) is 6.07 Å². The van der Waals surface area contributed by atoms with Gasteiger partial charge in [0.15, 0.2) is 11.6 Å². The minimum atomic E-state index is -4.60. The maximum absolute atomic E-state index is 12.0. The predicted molar refractivity (Wildman–Crippen MR) is 134 cm³/mol. The first kappa shape index (κ1) is 27.8. The molecule has 2 fully saturated rings.